The molecule has 0 spiro atoms. The van der Waals surface area contributed by atoms with Gasteiger partial charge in [0, 0.05) is 0 Å². The fourth-order valence-corrected chi connectivity index (χ4v) is 2.46. The minimum absolute atomic E-state index is 0.273. The largest absolute Gasteiger partial charge is 0.338 e. The van der Waals surface area contributed by atoms with Crippen molar-refractivity contribution in [3.63, 3.8) is 0 Å². The highest BCUT2D eigenvalue weighted by atomic mass is 35.5. The summed E-state index contributed by atoms with van der Waals surface area (Å²) in [6.07, 6.45) is 0. The maximum Gasteiger partial charge on any atom is 0.161 e. The monoisotopic (exact) mass is 370 g/mol. The van der Waals surface area contributed by atoms with E-state index in [1.165, 1.54) is 12.1 Å². The molecule has 4 nitrogen and oxygen atoms in total. The molecule has 0 saturated carbocycles. The summed E-state index contributed by atoms with van der Waals surface area (Å²) < 4.78 is 0. The zero-order valence-corrected chi connectivity index (χ0v) is 13.4. The van der Waals surface area contributed by atoms with Gasteiger partial charge in [-0.2, -0.15) is 0 Å². The highest BCUT2D eigenvalue weighted by Gasteiger charge is 2.12. The van der Waals surface area contributed by atoms with E-state index in [-0.39, 0.29) is 5.82 Å². The molecule has 1 aromatic heterocycles. The first-order valence-corrected chi connectivity index (χ1v) is 7.05. The fourth-order valence-electron chi connectivity index (χ4n) is 1.40. The summed E-state index contributed by atoms with van der Waals surface area (Å²) in [5.74, 6) is 5.90. The molecule has 0 aliphatic heterocycles. The molecule has 2 rings (SSSR count). The molecule has 2 aromatic rings. The van der Waals surface area contributed by atoms with Gasteiger partial charge in [0.1, 0.15) is 0 Å². The van der Waals surface area contributed by atoms with Crippen LogP contribution in [0.5, 0.6) is 0 Å². The van der Waals surface area contributed by atoms with Crippen LogP contribution in [-0.4, -0.2) is 4.98 Å². The Morgan fingerprint density at radius 2 is 1.30 bits per heavy atom. The Kier molecular flexibility index (Phi) is 5.07. The van der Waals surface area contributed by atoms with Crippen LogP contribution in [0, 0.1) is 0 Å². The van der Waals surface area contributed by atoms with Gasteiger partial charge in [-0.1, -0.05) is 58.0 Å². The van der Waals surface area contributed by atoms with E-state index < -0.39 is 0 Å². The van der Waals surface area contributed by atoms with Gasteiger partial charge < -0.3 is 10.7 Å². The predicted octanol–water partition coefficient (Wildman–Crippen LogP) is 5.38. The second kappa shape index (κ2) is 6.43. The minimum Gasteiger partial charge on any atom is -0.338 e. The third-order valence-corrected chi connectivity index (χ3v) is 3.94. The average molecular weight is 372 g/mol. The Morgan fingerprint density at radius 1 is 0.750 bits per heavy atom. The number of aromatic nitrogens is 1. The van der Waals surface area contributed by atoms with Gasteiger partial charge >= 0.3 is 0 Å². The predicted molar refractivity (Wildman–Crippen MR) is 86.8 cm³/mol. The Hall–Kier alpha value is -0.620. The van der Waals surface area contributed by atoms with Gasteiger partial charge in [-0.15, -0.1) is 0 Å². The Morgan fingerprint density at radius 3 is 1.95 bits per heavy atom. The SMILES string of the molecule is NNc1nc(Nc2cc(Cl)c(Cl)cc2Cl)c(Cl)cc1Cl. The van der Waals surface area contributed by atoms with E-state index in [2.05, 4.69) is 15.7 Å². The first-order chi connectivity index (χ1) is 9.42. The van der Waals surface area contributed by atoms with Crippen LogP contribution >= 0.6 is 58.0 Å². The van der Waals surface area contributed by atoms with Gasteiger partial charge in [-0.05, 0) is 18.2 Å². The number of nitrogens with one attached hydrogen (secondary N) is 2. The second-order valence-corrected chi connectivity index (χ2v) is 5.70. The number of rotatable bonds is 3. The van der Waals surface area contributed by atoms with Crippen molar-refractivity contribution in [1.29, 1.82) is 0 Å². The average Bonchev–Trinajstić information content (AvgIpc) is 2.38. The third-order valence-electron chi connectivity index (χ3n) is 2.33. The van der Waals surface area contributed by atoms with Crippen LogP contribution in [0.1, 0.15) is 0 Å². The third kappa shape index (κ3) is 3.34. The number of benzene rings is 1. The lowest BCUT2D eigenvalue weighted by atomic mass is 10.3. The second-order valence-electron chi connectivity index (χ2n) is 3.66. The number of nitrogens with zero attached hydrogens (tertiary/aromatic N) is 1. The topological polar surface area (TPSA) is 63.0 Å². The smallest absolute Gasteiger partial charge is 0.161 e. The summed E-state index contributed by atoms with van der Waals surface area (Å²) in [7, 11) is 0. The van der Waals surface area contributed by atoms with Crippen LogP contribution in [0.2, 0.25) is 25.1 Å². The molecule has 0 aliphatic rings. The molecule has 1 heterocycles. The molecule has 20 heavy (non-hydrogen) atoms. The molecule has 9 heteroatoms. The Labute approximate surface area is 140 Å². The lowest BCUT2D eigenvalue weighted by Crippen LogP contribution is -2.10. The molecule has 0 atom stereocenters. The summed E-state index contributed by atoms with van der Waals surface area (Å²) in [6, 6.07) is 4.58. The van der Waals surface area contributed by atoms with E-state index in [1.807, 2.05) is 0 Å². The first-order valence-electron chi connectivity index (χ1n) is 5.16. The lowest BCUT2D eigenvalue weighted by molar-refractivity contribution is 1.22. The van der Waals surface area contributed by atoms with Crippen molar-refractivity contribution in [3.8, 4) is 0 Å². The molecule has 0 amide bonds. The molecule has 0 bridgehead atoms. The number of hydrogen-bond donors (Lipinski definition) is 3. The van der Waals surface area contributed by atoms with Crippen molar-refractivity contribution in [1.82, 2.24) is 4.98 Å². The van der Waals surface area contributed by atoms with Crippen LogP contribution in [0.25, 0.3) is 0 Å². The lowest BCUT2D eigenvalue weighted by Gasteiger charge is -2.12. The van der Waals surface area contributed by atoms with Crippen LogP contribution in [0.4, 0.5) is 17.3 Å². The highest BCUT2D eigenvalue weighted by Crippen LogP contribution is 2.36. The molecule has 0 unspecified atom stereocenters. The van der Waals surface area contributed by atoms with Crippen molar-refractivity contribution in [3.05, 3.63) is 43.3 Å². The van der Waals surface area contributed by atoms with Gasteiger partial charge in [-0.25, -0.2) is 10.8 Å². The van der Waals surface area contributed by atoms with Crippen LogP contribution < -0.4 is 16.6 Å². The first kappa shape index (κ1) is 15.8. The molecule has 0 aliphatic carbocycles. The molecule has 4 N–H and O–H groups in total. The molecule has 0 saturated heterocycles. The number of nitrogens with two attached hydrogens (primary N) is 1. The van der Waals surface area contributed by atoms with E-state index in [0.29, 0.717) is 36.6 Å². The van der Waals surface area contributed by atoms with Gasteiger partial charge in [-0.3, -0.25) is 0 Å². The number of anilines is 3. The Bertz CT molecular complexity index is 662. The summed E-state index contributed by atoms with van der Waals surface area (Å²) >= 11 is 29.8. The number of halogens is 5. The fraction of sp³-hybridized carbons (Fsp3) is 0. The van der Waals surface area contributed by atoms with Crippen molar-refractivity contribution < 1.29 is 0 Å². The quantitative estimate of drug-likeness (QED) is 0.385. The normalized spacial score (nSPS) is 10.5. The maximum atomic E-state index is 6.07. The van der Waals surface area contributed by atoms with Crippen LogP contribution in [-0.2, 0) is 0 Å². The van der Waals surface area contributed by atoms with Crippen molar-refractivity contribution in [2.75, 3.05) is 10.7 Å². The van der Waals surface area contributed by atoms with E-state index >= 15 is 0 Å². The number of pyridine rings is 1. The molecule has 0 fully saturated rings. The van der Waals surface area contributed by atoms with E-state index in [1.54, 1.807) is 6.07 Å². The molecule has 1 aromatic carbocycles. The summed E-state index contributed by atoms with van der Waals surface area (Å²) in [6.45, 7) is 0. The van der Waals surface area contributed by atoms with Crippen molar-refractivity contribution >= 4 is 75.3 Å². The summed E-state index contributed by atoms with van der Waals surface area (Å²) in [5.41, 5.74) is 2.86. The van der Waals surface area contributed by atoms with E-state index in [4.69, 9.17) is 63.8 Å². The van der Waals surface area contributed by atoms with Crippen molar-refractivity contribution in [2.24, 2.45) is 5.84 Å². The molecule has 0 radical (unpaired) electrons. The maximum absolute atomic E-state index is 6.07. The van der Waals surface area contributed by atoms with E-state index in [0.717, 1.165) is 0 Å². The highest BCUT2D eigenvalue weighted by molar-refractivity contribution is 6.44. The number of hydrazine groups is 1. The molecular weight excluding hydrogens is 365 g/mol. The van der Waals surface area contributed by atoms with Gasteiger partial charge in [0.05, 0.1) is 30.8 Å². The zero-order valence-electron chi connectivity index (χ0n) is 9.65. The summed E-state index contributed by atoms with van der Waals surface area (Å²) in [4.78, 5) is 4.13. The number of hydrogen-bond acceptors (Lipinski definition) is 4. The minimum atomic E-state index is 0.273. The molecular formula is C11H7Cl5N4. The van der Waals surface area contributed by atoms with Crippen LogP contribution in [0.15, 0.2) is 18.2 Å². The number of nitrogen functional groups attached to an aromatic ring is 1. The van der Waals surface area contributed by atoms with Crippen LogP contribution in [0.3, 0.4) is 0 Å². The van der Waals surface area contributed by atoms with Gasteiger partial charge in [0.25, 0.3) is 0 Å². The van der Waals surface area contributed by atoms with E-state index in [9.17, 15) is 0 Å². The van der Waals surface area contributed by atoms with Crippen molar-refractivity contribution in [2.45, 2.75) is 0 Å². The van der Waals surface area contributed by atoms with Gasteiger partial charge in [0.2, 0.25) is 0 Å². The zero-order chi connectivity index (χ0) is 14.9. The Balaban J connectivity index is 2.42. The standard InChI is InChI=1S/C11H7Cl5N4/c12-4-1-6(14)9(3-5(4)13)18-10-7(15)2-8(16)11(19-10)20-17/h1-3H,17H2,(H2,18,19,20). The van der Waals surface area contributed by atoms with Gasteiger partial charge in [0.15, 0.2) is 11.6 Å². The summed E-state index contributed by atoms with van der Waals surface area (Å²) in [5, 5.41) is 4.60. The molecule has 106 valence electrons.